The zero-order chi connectivity index (χ0) is 9.28. The molecule has 0 atom stereocenters. The first-order valence-corrected chi connectivity index (χ1v) is 4.43. The van der Waals surface area contributed by atoms with E-state index in [1.807, 2.05) is 0 Å². The fourth-order valence-corrected chi connectivity index (χ4v) is 0.674. The number of ether oxygens (including phenoxy) is 1. The molecule has 0 saturated carbocycles. The summed E-state index contributed by atoms with van der Waals surface area (Å²) in [6.45, 7) is 4.66. The van der Waals surface area contributed by atoms with E-state index in [1.165, 1.54) is 0 Å². The van der Waals surface area contributed by atoms with Gasteiger partial charge in [-0.3, -0.25) is 0 Å². The SMILES string of the molecule is CC(C)(C)OC(=O)S(N)(=O)=O.[H-].[Na+]. The Bertz CT molecular complexity index is 258. The van der Waals surface area contributed by atoms with Crippen molar-refractivity contribution in [2.24, 2.45) is 5.14 Å². The van der Waals surface area contributed by atoms with Crippen molar-refractivity contribution in [2.45, 2.75) is 26.4 Å². The Morgan fingerprint density at radius 1 is 1.42 bits per heavy atom. The van der Waals surface area contributed by atoms with E-state index >= 15 is 0 Å². The predicted molar refractivity (Wildman–Crippen MR) is 40.5 cm³/mol. The number of sulfonamides is 1. The molecular formula is C5H12NNaO4S. The first-order valence-electron chi connectivity index (χ1n) is 2.89. The van der Waals surface area contributed by atoms with Crippen LogP contribution in [0.5, 0.6) is 0 Å². The van der Waals surface area contributed by atoms with Crippen molar-refractivity contribution in [3.8, 4) is 0 Å². The van der Waals surface area contributed by atoms with Gasteiger partial charge in [0.2, 0.25) is 0 Å². The molecule has 0 spiro atoms. The molecule has 0 saturated heterocycles. The summed E-state index contributed by atoms with van der Waals surface area (Å²) < 4.78 is 25.1. The summed E-state index contributed by atoms with van der Waals surface area (Å²) in [5.41, 5.74) is -0.830. The molecule has 0 aliphatic heterocycles. The molecule has 0 aromatic rings. The molecule has 0 fully saturated rings. The molecule has 2 N–H and O–H groups in total. The number of hydrogen-bond donors (Lipinski definition) is 1. The second-order valence-electron chi connectivity index (χ2n) is 3.01. The van der Waals surface area contributed by atoms with E-state index in [2.05, 4.69) is 9.88 Å². The average Bonchev–Trinajstić information content (AvgIpc) is 1.56. The fraction of sp³-hybridized carbons (Fsp3) is 0.800. The van der Waals surface area contributed by atoms with Gasteiger partial charge in [0.1, 0.15) is 5.60 Å². The third-order valence-electron chi connectivity index (χ3n) is 0.622. The van der Waals surface area contributed by atoms with Crippen LogP contribution in [0.2, 0.25) is 0 Å². The standard InChI is InChI=1S/C5H11NO4S.Na.H/c1-5(2,3)10-4(7)11(6,8)9;;/h1-3H3,(H2,6,8,9);;/q;+1;-1. The van der Waals surface area contributed by atoms with Crippen LogP contribution in [-0.2, 0) is 14.8 Å². The summed E-state index contributed by atoms with van der Waals surface area (Å²) >= 11 is 0. The first-order chi connectivity index (χ1) is 4.63. The quantitative estimate of drug-likeness (QED) is 0.345. The van der Waals surface area contributed by atoms with Crippen molar-refractivity contribution in [1.82, 2.24) is 0 Å². The molecular weight excluding hydrogens is 193 g/mol. The molecule has 0 aliphatic carbocycles. The van der Waals surface area contributed by atoms with E-state index in [4.69, 9.17) is 0 Å². The van der Waals surface area contributed by atoms with E-state index in [-0.39, 0.29) is 31.0 Å². The molecule has 0 heterocycles. The van der Waals surface area contributed by atoms with Crippen molar-refractivity contribution < 1.29 is 48.9 Å². The smallest absolute Gasteiger partial charge is 1.00 e. The van der Waals surface area contributed by atoms with E-state index in [1.54, 1.807) is 20.8 Å². The molecule has 0 amide bonds. The van der Waals surface area contributed by atoms with Gasteiger partial charge >= 0.3 is 44.9 Å². The summed E-state index contributed by atoms with van der Waals surface area (Å²) in [5, 5.41) is 3.09. The van der Waals surface area contributed by atoms with Gasteiger partial charge in [0.25, 0.3) is 0 Å². The van der Waals surface area contributed by atoms with Crippen molar-refractivity contribution in [1.29, 1.82) is 0 Å². The van der Waals surface area contributed by atoms with Crippen LogP contribution < -0.4 is 34.7 Å². The molecule has 7 heteroatoms. The van der Waals surface area contributed by atoms with Crippen LogP contribution in [0.3, 0.4) is 0 Å². The maximum atomic E-state index is 10.5. The van der Waals surface area contributed by atoms with Gasteiger partial charge in [0.05, 0.1) is 0 Å². The molecule has 68 valence electrons. The molecule has 0 bridgehead atoms. The van der Waals surface area contributed by atoms with E-state index in [9.17, 15) is 13.2 Å². The molecule has 0 rings (SSSR count). The second-order valence-corrected chi connectivity index (χ2v) is 4.43. The Kier molecular flexibility index (Phi) is 5.67. The van der Waals surface area contributed by atoms with Gasteiger partial charge in [-0.15, -0.1) is 0 Å². The number of carbonyl (C=O) groups excluding carboxylic acids is 1. The summed E-state index contributed by atoms with van der Waals surface area (Å²) in [6, 6.07) is 0. The Labute approximate surface area is 95.5 Å². The minimum atomic E-state index is -4.20. The monoisotopic (exact) mass is 205 g/mol. The number of rotatable bonds is 0. The van der Waals surface area contributed by atoms with Crippen molar-refractivity contribution in [2.75, 3.05) is 0 Å². The van der Waals surface area contributed by atoms with Crippen molar-refractivity contribution in [3.63, 3.8) is 0 Å². The van der Waals surface area contributed by atoms with E-state index < -0.39 is 20.9 Å². The number of nitrogens with two attached hydrogens (primary N) is 1. The number of hydrogen-bond acceptors (Lipinski definition) is 4. The van der Waals surface area contributed by atoms with Crippen molar-refractivity contribution >= 4 is 15.3 Å². The van der Waals surface area contributed by atoms with Crippen LogP contribution in [-0.4, -0.2) is 19.3 Å². The minimum absolute atomic E-state index is 0. The minimum Gasteiger partial charge on any atom is -1.00 e. The molecule has 0 radical (unpaired) electrons. The van der Waals surface area contributed by atoms with Gasteiger partial charge in [-0.1, -0.05) is 0 Å². The van der Waals surface area contributed by atoms with E-state index in [0.717, 1.165) is 0 Å². The van der Waals surface area contributed by atoms with Crippen LogP contribution in [0.25, 0.3) is 0 Å². The van der Waals surface area contributed by atoms with Crippen LogP contribution in [0, 0.1) is 0 Å². The van der Waals surface area contributed by atoms with Gasteiger partial charge in [-0.25, -0.2) is 18.4 Å². The van der Waals surface area contributed by atoms with E-state index in [0.29, 0.717) is 0 Å². The molecule has 12 heavy (non-hydrogen) atoms. The zero-order valence-corrected chi connectivity index (χ0v) is 10.4. The Morgan fingerprint density at radius 3 is 1.83 bits per heavy atom. The fourth-order valence-electron chi connectivity index (χ4n) is 0.308. The maximum absolute atomic E-state index is 10.5. The van der Waals surface area contributed by atoms with Gasteiger partial charge in [0.15, 0.2) is 0 Å². The van der Waals surface area contributed by atoms with Crippen LogP contribution in [0.1, 0.15) is 22.2 Å². The second kappa shape index (κ2) is 4.57. The summed E-state index contributed by atoms with van der Waals surface area (Å²) in [5.74, 6) is 0. The van der Waals surface area contributed by atoms with Crippen LogP contribution >= 0.6 is 0 Å². The summed E-state index contributed by atoms with van der Waals surface area (Å²) in [6.07, 6.45) is 0. The molecule has 5 nitrogen and oxygen atoms in total. The van der Waals surface area contributed by atoms with Gasteiger partial charge < -0.3 is 6.16 Å². The maximum Gasteiger partial charge on any atom is 1.00 e. The third kappa shape index (κ3) is 7.05. The molecule has 0 unspecified atom stereocenters. The molecule has 0 aliphatic rings. The number of primary sulfonamides is 1. The summed E-state index contributed by atoms with van der Waals surface area (Å²) in [4.78, 5) is 10.5. The Morgan fingerprint density at radius 2 is 1.75 bits per heavy atom. The first kappa shape index (κ1) is 14.9. The molecule has 0 aromatic heterocycles. The van der Waals surface area contributed by atoms with Crippen LogP contribution in [0.15, 0.2) is 0 Å². The zero-order valence-electron chi connectivity index (χ0n) is 8.62. The topological polar surface area (TPSA) is 86.5 Å². The number of carbonyl (C=O) groups is 1. The Balaban J connectivity index is -0.000000500. The Hall–Kier alpha value is 0.380. The van der Waals surface area contributed by atoms with Crippen LogP contribution in [0.4, 0.5) is 4.79 Å². The van der Waals surface area contributed by atoms with Gasteiger partial charge in [-0.2, -0.15) is 0 Å². The van der Waals surface area contributed by atoms with Crippen molar-refractivity contribution in [3.05, 3.63) is 0 Å². The van der Waals surface area contributed by atoms with Gasteiger partial charge in [-0.05, 0) is 20.8 Å². The third-order valence-corrected chi connectivity index (χ3v) is 1.17. The largest absolute Gasteiger partial charge is 1.00 e. The van der Waals surface area contributed by atoms with Gasteiger partial charge in [0, 0.05) is 0 Å². The predicted octanol–water partition coefficient (Wildman–Crippen LogP) is -2.67. The normalized spacial score (nSPS) is 11.7. The average molecular weight is 205 g/mol. The molecule has 0 aromatic carbocycles. The summed E-state index contributed by atoms with van der Waals surface area (Å²) in [7, 11) is -4.20.